The van der Waals surface area contributed by atoms with Gasteiger partial charge in [0, 0.05) is 41.6 Å². The lowest BCUT2D eigenvalue weighted by atomic mass is 10.1. The molecule has 9 nitrogen and oxygen atoms in total. The molecule has 1 saturated carbocycles. The van der Waals surface area contributed by atoms with Crippen LogP contribution in [0.15, 0.2) is 48.8 Å². The van der Waals surface area contributed by atoms with Gasteiger partial charge < -0.3 is 20.8 Å². The van der Waals surface area contributed by atoms with E-state index in [9.17, 15) is 8.42 Å². The molecule has 0 atom stereocenters. The molecule has 0 radical (unpaired) electrons. The smallest absolute Gasteiger partial charge is 0.262 e. The molecule has 11 heteroatoms. The number of nitrogens with one attached hydrogen (secondary N) is 1. The molecule has 0 bridgehead atoms. The van der Waals surface area contributed by atoms with E-state index in [-0.39, 0.29) is 17.5 Å². The Labute approximate surface area is 214 Å². The number of benzene rings is 2. The van der Waals surface area contributed by atoms with Crippen LogP contribution in [0.4, 0.5) is 17.2 Å². The molecule has 2 aromatic heterocycles. The van der Waals surface area contributed by atoms with Gasteiger partial charge >= 0.3 is 0 Å². The molecule has 2 heterocycles. The fraction of sp³-hybridized carbons (Fsp3) is 0.280. The van der Waals surface area contributed by atoms with E-state index in [0.29, 0.717) is 34.5 Å². The SMILES string of the molecule is CCCS(=O)(=O)Nc1ccc(-c2c(N)c3ccc(Oc4nccnc4N)cc3n2CC2CC2)c(Cl)c1. The molecule has 1 aliphatic rings. The van der Waals surface area contributed by atoms with E-state index in [2.05, 4.69) is 19.3 Å². The van der Waals surface area contributed by atoms with Crippen LogP contribution in [0.2, 0.25) is 5.02 Å². The summed E-state index contributed by atoms with van der Waals surface area (Å²) in [6.07, 6.45) is 5.84. The predicted molar refractivity (Wildman–Crippen MR) is 144 cm³/mol. The van der Waals surface area contributed by atoms with Gasteiger partial charge in [0.1, 0.15) is 5.75 Å². The quantitative estimate of drug-likeness (QED) is 0.270. The molecule has 4 aromatic rings. The number of nitrogens with zero attached hydrogens (tertiary/aromatic N) is 3. The molecule has 0 spiro atoms. The Bertz CT molecular complexity index is 1550. The minimum absolute atomic E-state index is 0.0412. The lowest BCUT2D eigenvalue weighted by Crippen LogP contribution is -2.16. The molecular formula is C25H27ClN6O3S. The number of hydrogen-bond donors (Lipinski definition) is 3. The van der Waals surface area contributed by atoms with E-state index in [1.807, 2.05) is 25.1 Å². The monoisotopic (exact) mass is 526 g/mol. The molecule has 36 heavy (non-hydrogen) atoms. The molecule has 5 rings (SSSR count). The number of nitrogen functional groups attached to an aromatic ring is 2. The minimum Gasteiger partial charge on any atom is -0.436 e. The second kappa shape index (κ2) is 9.51. The van der Waals surface area contributed by atoms with Crippen molar-refractivity contribution in [1.29, 1.82) is 0 Å². The van der Waals surface area contributed by atoms with Crippen molar-refractivity contribution >= 4 is 49.7 Å². The van der Waals surface area contributed by atoms with Crippen LogP contribution in [0.3, 0.4) is 0 Å². The summed E-state index contributed by atoms with van der Waals surface area (Å²) in [6.45, 7) is 2.59. The number of hydrogen-bond acceptors (Lipinski definition) is 7. The Balaban J connectivity index is 1.57. The maximum absolute atomic E-state index is 12.2. The van der Waals surface area contributed by atoms with E-state index in [0.717, 1.165) is 41.5 Å². The van der Waals surface area contributed by atoms with Crippen LogP contribution in [-0.4, -0.2) is 28.7 Å². The zero-order valence-electron chi connectivity index (χ0n) is 19.7. The standard InChI is InChI=1S/C25H27ClN6O3S/c1-2-11-36(33,34)31-16-5-7-18(20(26)12-16)23-22(27)19-8-6-17(35-25-24(28)29-9-10-30-25)13-21(19)32(23)14-15-3-4-15/h5-10,12-13,15,31H,2-4,11,14,27H2,1H3,(H2,28,29). The fourth-order valence-corrected chi connectivity index (χ4v) is 5.65. The summed E-state index contributed by atoms with van der Waals surface area (Å²) >= 11 is 6.69. The van der Waals surface area contributed by atoms with Crippen molar-refractivity contribution < 1.29 is 13.2 Å². The average Bonchev–Trinajstić information content (AvgIpc) is 3.60. The van der Waals surface area contributed by atoms with Crippen LogP contribution in [-0.2, 0) is 16.6 Å². The third kappa shape index (κ3) is 4.91. The van der Waals surface area contributed by atoms with Gasteiger partial charge in [-0.25, -0.2) is 18.4 Å². The van der Waals surface area contributed by atoms with Gasteiger partial charge in [-0.2, -0.15) is 0 Å². The first-order chi connectivity index (χ1) is 17.3. The Morgan fingerprint density at radius 3 is 2.61 bits per heavy atom. The molecule has 1 fully saturated rings. The summed E-state index contributed by atoms with van der Waals surface area (Å²) in [4.78, 5) is 8.17. The summed E-state index contributed by atoms with van der Waals surface area (Å²) in [5, 5.41) is 1.27. The van der Waals surface area contributed by atoms with Crippen molar-refractivity contribution in [2.24, 2.45) is 5.92 Å². The van der Waals surface area contributed by atoms with Gasteiger partial charge in [0.05, 0.1) is 27.7 Å². The Morgan fingerprint density at radius 1 is 1.14 bits per heavy atom. The minimum atomic E-state index is -3.43. The van der Waals surface area contributed by atoms with Crippen molar-refractivity contribution in [2.75, 3.05) is 21.9 Å². The summed E-state index contributed by atoms with van der Waals surface area (Å²) in [6, 6.07) is 10.8. The molecule has 5 N–H and O–H groups in total. The number of sulfonamides is 1. The zero-order chi connectivity index (χ0) is 25.4. The van der Waals surface area contributed by atoms with Gasteiger partial charge in [0.2, 0.25) is 10.0 Å². The number of rotatable bonds is 9. The summed E-state index contributed by atoms with van der Waals surface area (Å²) < 4.78 is 35.1. The number of halogens is 1. The van der Waals surface area contributed by atoms with Gasteiger partial charge in [0.15, 0.2) is 5.82 Å². The van der Waals surface area contributed by atoms with Crippen molar-refractivity contribution in [1.82, 2.24) is 14.5 Å². The van der Waals surface area contributed by atoms with Crippen molar-refractivity contribution in [2.45, 2.75) is 32.7 Å². The predicted octanol–water partition coefficient (Wildman–Crippen LogP) is 5.27. The summed E-state index contributed by atoms with van der Waals surface area (Å²) in [7, 11) is -3.43. The highest BCUT2D eigenvalue weighted by Crippen LogP contribution is 2.44. The lowest BCUT2D eigenvalue weighted by Gasteiger charge is -2.14. The number of nitrogens with two attached hydrogens (primary N) is 2. The topological polar surface area (TPSA) is 138 Å². The summed E-state index contributed by atoms with van der Waals surface area (Å²) in [5.74, 6) is 1.59. The van der Waals surface area contributed by atoms with Crippen LogP contribution in [0.25, 0.3) is 22.2 Å². The summed E-state index contributed by atoms with van der Waals surface area (Å²) in [5.41, 5.74) is 16.0. The van der Waals surface area contributed by atoms with Crippen LogP contribution >= 0.6 is 11.6 Å². The molecule has 0 saturated heterocycles. The van der Waals surface area contributed by atoms with Crippen molar-refractivity contribution in [3.63, 3.8) is 0 Å². The van der Waals surface area contributed by atoms with Crippen molar-refractivity contribution in [3.05, 3.63) is 53.8 Å². The number of ether oxygens (including phenoxy) is 1. The highest BCUT2D eigenvalue weighted by atomic mass is 35.5. The third-order valence-electron chi connectivity index (χ3n) is 6.09. The third-order valence-corrected chi connectivity index (χ3v) is 7.89. The van der Waals surface area contributed by atoms with E-state index in [4.69, 9.17) is 27.8 Å². The number of anilines is 3. The van der Waals surface area contributed by atoms with Gasteiger partial charge in [-0.3, -0.25) is 4.72 Å². The molecule has 0 amide bonds. The van der Waals surface area contributed by atoms with Crippen LogP contribution in [0.5, 0.6) is 11.6 Å². The largest absolute Gasteiger partial charge is 0.436 e. The molecule has 1 aliphatic carbocycles. The molecule has 0 aliphatic heterocycles. The van der Waals surface area contributed by atoms with Crippen LogP contribution < -0.4 is 20.9 Å². The maximum atomic E-state index is 12.2. The highest BCUT2D eigenvalue weighted by molar-refractivity contribution is 7.92. The molecule has 2 aromatic carbocycles. The molecule has 0 unspecified atom stereocenters. The van der Waals surface area contributed by atoms with Crippen LogP contribution in [0.1, 0.15) is 26.2 Å². The van der Waals surface area contributed by atoms with E-state index < -0.39 is 10.0 Å². The first-order valence-electron chi connectivity index (χ1n) is 11.7. The molecule has 188 valence electrons. The van der Waals surface area contributed by atoms with Crippen LogP contribution in [0, 0.1) is 5.92 Å². The first kappa shape index (κ1) is 24.2. The second-order valence-corrected chi connectivity index (χ2v) is 11.2. The average molecular weight is 527 g/mol. The van der Waals surface area contributed by atoms with Gasteiger partial charge in [0.25, 0.3) is 5.88 Å². The number of fused-ring (bicyclic) bond motifs is 1. The van der Waals surface area contributed by atoms with E-state index >= 15 is 0 Å². The number of aromatic nitrogens is 3. The normalized spacial score (nSPS) is 13.7. The lowest BCUT2D eigenvalue weighted by molar-refractivity contribution is 0.463. The second-order valence-electron chi connectivity index (χ2n) is 8.96. The van der Waals surface area contributed by atoms with E-state index in [1.54, 1.807) is 18.2 Å². The Morgan fingerprint density at radius 2 is 1.92 bits per heavy atom. The van der Waals surface area contributed by atoms with Gasteiger partial charge in [-0.15, -0.1) is 0 Å². The Kier molecular flexibility index (Phi) is 6.40. The zero-order valence-corrected chi connectivity index (χ0v) is 21.3. The highest BCUT2D eigenvalue weighted by Gasteiger charge is 2.27. The Hall–Kier alpha value is -3.50. The van der Waals surface area contributed by atoms with Gasteiger partial charge in [-0.1, -0.05) is 18.5 Å². The van der Waals surface area contributed by atoms with Gasteiger partial charge in [-0.05, 0) is 55.5 Å². The first-order valence-corrected chi connectivity index (χ1v) is 13.7. The maximum Gasteiger partial charge on any atom is 0.262 e. The molecular weight excluding hydrogens is 500 g/mol. The fourth-order valence-electron chi connectivity index (χ4n) is 4.25. The van der Waals surface area contributed by atoms with Crippen molar-refractivity contribution in [3.8, 4) is 22.9 Å². The van der Waals surface area contributed by atoms with E-state index in [1.165, 1.54) is 12.4 Å².